The summed E-state index contributed by atoms with van der Waals surface area (Å²) in [5.41, 5.74) is 0. The number of hydrogen-bond donors (Lipinski definition) is 2. The van der Waals surface area contributed by atoms with E-state index in [1.54, 1.807) is 0 Å². The number of urea groups is 1. The fraction of sp³-hybridized carbons (Fsp3) is 0.875. The second kappa shape index (κ2) is 8.90. The predicted molar refractivity (Wildman–Crippen MR) is 83.3 cm³/mol. The first-order chi connectivity index (χ1) is 9.90. The highest BCUT2D eigenvalue weighted by Crippen LogP contribution is 2.24. The Labute approximate surface area is 128 Å². The molecule has 0 heterocycles. The molecule has 5 nitrogen and oxygen atoms in total. The number of carbonyl (C=O) groups is 2. The summed E-state index contributed by atoms with van der Waals surface area (Å²) in [5.74, 6) is -0.241. The maximum Gasteiger partial charge on any atom is 0.317 e. The van der Waals surface area contributed by atoms with Crippen LogP contribution in [0.3, 0.4) is 0 Å². The summed E-state index contributed by atoms with van der Waals surface area (Å²) in [6.07, 6.45) is 6.16. The van der Waals surface area contributed by atoms with Crippen LogP contribution in [-0.4, -0.2) is 40.6 Å². The summed E-state index contributed by atoms with van der Waals surface area (Å²) in [4.78, 5) is 25.0. The van der Waals surface area contributed by atoms with Gasteiger partial charge in [-0.05, 0) is 38.5 Å². The highest BCUT2D eigenvalue weighted by atomic mass is 16.4. The lowest BCUT2D eigenvalue weighted by molar-refractivity contribution is -0.137. The molecule has 21 heavy (non-hydrogen) atoms. The summed E-state index contributed by atoms with van der Waals surface area (Å²) in [5, 5.41) is 11.7. The number of aliphatic carboxylic acids is 1. The molecule has 1 atom stereocenters. The molecule has 1 fully saturated rings. The van der Waals surface area contributed by atoms with Crippen LogP contribution in [0.5, 0.6) is 0 Å². The van der Waals surface area contributed by atoms with Gasteiger partial charge in [-0.3, -0.25) is 4.79 Å². The molecule has 0 spiro atoms. The topological polar surface area (TPSA) is 69.6 Å². The largest absolute Gasteiger partial charge is 0.481 e. The molecule has 0 radical (unpaired) electrons. The number of hydrogen-bond acceptors (Lipinski definition) is 2. The van der Waals surface area contributed by atoms with Crippen molar-refractivity contribution in [3.8, 4) is 0 Å². The molecule has 0 aromatic heterocycles. The smallest absolute Gasteiger partial charge is 0.317 e. The SMILES string of the molecule is CC(C)CCN(C(=O)NC(C)CCC(=O)O)C1CCCC1. The van der Waals surface area contributed by atoms with Crippen molar-refractivity contribution >= 4 is 12.0 Å². The maximum absolute atomic E-state index is 12.5. The number of carboxylic acids is 1. The van der Waals surface area contributed by atoms with Crippen molar-refractivity contribution in [2.45, 2.75) is 77.8 Å². The Morgan fingerprint density at radius 1 is 1.19 bits per heavy atom. The van der Waals surface area contributed by atoms with Gasteiger partial charge in [0.05, 0.1) is 0 Å². The zero-order valence-electron chi connectivity index (χ0n) is 13.6. The van der Waals surface area contributed by atoms with Gasteiger partial charge in [0, 0.05) is 25.0 Å². The molecule has 1 saturated carbocycles. The van der Waals surface area contributed by atoms with Crippen LogP contribution in [0.4, 0.5) is 4.79 Å². The van der Waals surface area contributed by atoms with Crippen LogP contribution in [0, 0.1) is 5.92 Å². The van der Waals surface area contributed by atoms with E-state index in [0.29, 0.717) is 18.4 Å². The van der Waals surface area contributed by atoms with Crippen molar-refractivity contribution in [3.05, 3.63) is 0 Å². The van der Waals surface area contributed by atoms with E-state index in [1.165, 1.54) is 12.8 Å². The molecule has 0 bridgehead atoms. The van der Waals surface area contributed by atoms with Crippen molar-refractivity contribution in [3.63, 3.8) is 0 Å². The molecular formula is C16H30N2O3. The van der Waals surface area contributed by atoms with Crippen LogP contribution < -0.4 is 5.32 Å². The molecule has 1 unspecified atom stereocenters. The van der Waals surface area contributed by atoms with Gasteiger partial charge in [-0.1, -0.05) is 26.7 Å². The number of nitrogens with one attached hydrogen (secondary N) is 1. The van der Waals surface area contributed by atoms with Gasteiger partial charge in [0.1, 0.15) is 0 Å². The summed E-state index contributed by atoms with van der Waals surface area (Å²) in [6, 6.07) is 0.229. The maximum atomic E-state index is 12.5. The Morgan fingerprint density at radius 3 is 2.33 bits per heavy atom. The third-order valence-corrected chi connectivity index (χ3v) is 4.13. The van der Waals surface area contributed by atoms with E-state index in [4.69, 9.17) is 5.11 Å². The minimum Gasteiger partial charge on any atom is -0.481 e. The Hall–Kier alpha value is -1.26. The van der Waals surface area contributed by atoms with Gasteiger partial charge >= 0.3 is 12.0 Å². The molecule has 1 aliphatic rings. The van der Waals surface area contributed by atoms with Gasteiger partial charge in [0.15, 0.2) is 0 Å². The number of nitrogens with zero attached hydrogens (tertiary/aromatic N) is 1. The van der Waals surface area contributed by atoms with Crippen LogP contribution in [0.2, 0.25) is 0 Å². The Bertz CT molecular complexity index is 338. The van der Waals surface area contributed by atoms with E-state index in [9.17, 15) is 9.59 Å². The lowest BCUT2D eigenvalue weighted by Crippen LogP contribution is -2.48. The first kappa shape index (κ1) is 17.8. The zero-order chi connectivity index (χ0) is 15.8. The van der Waals surface area contributed by atoms with E-state index >= 15 is 0 Å². The summed E-state index contributed by atoms with van der Waals surface area (Å²) >= 11 is 0. The van der Waals surface area contributed by atoms with Crippen LogP contribution in [0.25, 0.3) is 0 Å². The first-order valence-electron chi connectivity index (χ1n) is 8.19. The Morgan fingerprint density at radius 2 is 1.81 bits per heavy atom. The van der Waals surface area contributed by atoms with E-state index < -0.39 is 5.97 Å². The lowest BCUT2D eigenvalue weighted by Gasteiger charge is -2.31. The molecule has 122 valence electrons. The number of carbonyl (C=O) groups excluding carboxylic acids is 1. The van der Waals surface area contributed by atoms with Crippen LogP contribution in [-0.2, 0) is 4.79 Å². The Kier molecular flexibility index (Phi) is 7.54. The molecule has 1 aliphatic carbocycles. The molecule has 2 amide bonds. The van der Waals surface area contributed by atoms with Gasteiger partial charge in [-0.15, -0.1) is 0 Å². The highest BCUT2D eigenvalue weighted by molar-refractivity contribution is 5.75. The molecule has 0 aromatic carbocycles. The van der Waals surface area contributed by atoms with Gasteiger partial charge in [-0.25, -0.2) is 4.79 Å². The number of carboxylic acid groups (broad SMARTS) is 1. The predicted octanol–water partition coefficient (Wildman–Crippen LogP) is 3.24. The second-order valence-electron chi connectivity index (χ2n) is 6.60. The fourth-order valence-corrected chi connectivity index (χ4v) is 2.77. The Balaban J connectivity index is 2.51. The van der Waals surface area contributed by atoms with Crippen LogP contribution in [0.1, 0.15) is 65.7 Å². The standard InChI is InChI=1S/C16H30N2O3/c1-12(2)10-11-18(14-6-4-5-7-14)16(21)17-13(3)8-9-15(19)20/h12-14H,4-11H2,1-3H3,(H,17,21)(H,19,20). The fourth-order valence-electron chi connectivity index (χ4n) is 2.77. The molecule has 1 rings (SSSR count). The summed E-state index contributed by atoms with van der Waals surface area (Å²) in [6.45, 7) is 7.00. The lowest BCUT2D eigenvalue weighted by atomic mass is 10.1. The van der Waals surface area contributed by atoms with Gasteiger partial charge in [0.2, 0.25) is 0 Å². The minimum absolute atomic E-state index is 0.0274. The van der Waals surface area contributed by atoms with Crippen molar-refractivity contribution in [2.75, 3.05) is 6.54 Å². The van der Waals surface area contributed by atoms with Gasteiger partial charge in [0.25, 0.3) is 0 Å². The first-order valence-corrected chi connectivity index (χ1v) is 8.19. The van der Waals surface area contributed by atoms with Crippen molar-refractivity contribution in [2.24, 2.45) is 5.92 Å². The average Bonchev–Trinajstić information content (AvgIpc) is 2.90. The summed E-state index contributed by atoms with van der Waals surface area (Å²) < 4.78 is 0. The molecule has 0 saturated heterocycles. The third kappa shape index (κ3) is 6.82. The second-order valence-corrected chi connectivity index (χ2v) is 6.60. The third-order valence-electron chi connectivity index (χ3n) is 4.13. The average molecular weight is 298 g/mol. The molecular weight excluding hydrogens is 268 g/mol. The normalized spacial score (nSPS) is 17.0. The molecule has 5 heteroatoms. The summed E-state index contributed by atoms with van der Waals surface area (Å²) in [7, 11) is 0. The highest BCUT2D eigenvalue weighted by Gasteiger charge is 2.27. The van der Waals surface area contributed by atoms with Crippen molar-refractivity contribution in [1.29, 1.82) is 0 Å². The number of rotatable bonds is 8. The minimum atomic E-state index is -0.816. The quantitative estimate of drug-likeness (QED) is 0.722. The zero-order valence-corrected chi connectivity index (χ0v) is 13.6. The van der Waals surface area contributed by atoms with Gasteiger partial charge in [-0.2, -0.15) is 0 Å². The monoisotopic (exact) mass is 298 g/mol. The van der Waals surface area contributed by atoms with Crippen LogP contribution >= 0.6 is 0 Å². The van der Waals surface area contributed by atoms with E-state index in [2.05, 4.69) is 19.2 Å². The van der Waals surface area contributed by atoms with Gasteiger partial charge < -0.3 is 15.3 Å². The number of amides is 2. The van der Waals surface area contributed by atoms with E-state index in [0.717, 1.165) is 25.8 Å². The molecule has 2 N–H and O–H groups in total. The van der Waals surface area contributed by atoms with Crippen molar-refractivity contribution in [1.82, 2.24) is 10.2 Å². The molecule has 0 aliphatic heterocycles. The molecule has 0 aromatic rings. The van der Waals surface area contributed by atoms with Crippen LogP contribution in [0.15, 0.2) is 0 Å². The van der Waals surface area contributed by atoms with Crippen molar-refractivity contribution < 1.29 is 14.7 Å². The van der Waals surface area contributed by atoms with E-state index in [-0.39, 0.29) is 18.5 Å². The van der Waals surface area contributed by atoms with E-state index in [1.807, 2.05) is 11.8 Å².